The van der Waals surface area contributed by atoms with Crippen LogP contribution in [0.4, 0.5) is 0 Å². The summed E-state index contributed by atoms with van der Waals surface area (Å²) in [4.78, 5) is 4.41. The summed E-state index contributed by atoms with van der Waals surface area (Å²) < 4.78 is 0. The summed E-state index contributed by atoms with van der Waals surface area (Å²) in [5.41, 5.74) is 0. The second-order valence-electron chi connectivity index (χ2n) is 5.08. The molecule has 1 saturated carbocycles. The number of nitrogens with zero attached hydrogens (tertiary/aromatic N) is 1. The first kappa shape index (κ1) is 15.1. The maximum Gasteiger partial charge on any atom is 0.191 e. The van der Waals surface area contributed by atoms with Crippen LogP contribution in [-0.2, 0) is 0 Å². The molecule has 0 unspecified atom stereocenters. The van der Waals surface area contributed by atoms with E-state index in [1.165, 1.54) is 51.4 Å². The zero-order valence-corrected chi connectivity index (χ0v) is 13.0. The van der Waals surface area contributed by atoms with Crippen molar-refractivity contribution in [2.75, 3.05) is 19.6 Å². The molecule has 100 valence electrons. The van der Waals surface area contributed by atoms with Gasteiger partial charge in [-0.3, -0.25) is 4.99 Å². The maximum atomic E-state index is 4.41. The third-order valence-corrected chi connectivity index (χ3v) is 3.70. The largest absolute Gasteiger partial charge is 0.356 e. The van der Waals surface area contributed by atoms with Crippen LogP contribution in [0, 0.1) is 5.92 Å². The number of hydrogen-bond acceptors (Lipinski definition) is 3. The number of halogens is 1. The van der Waals surface area contributed by atoms with Gasteiger partial charge < -0.3 is 10.6 Å². The molecule has 3 nitrogen and oxygen atoms in total. The van der Waals surface area contributed by atoms with E-state index in [0.29, 0.717) is 0 Å². The molecule has 0 radical (unpaired) electrons. The van der Waals surface area contributed by atoms with Gasteiger partial charge in [0.2, 0.25) is 0 Å². The quantitative estimate of drug-likeness (QED) is 0.604. The lowest BCUT2D eigenvalue weighted by molar-refractivity contribution is 0.332. The summed E-state index contributed by atoms with van der Waals surface area (Å²) in [6, 6.07) is 0. The molecule has 0 aromatic heterocycles. The second-order valence-corrected chi connectivity index (χ2v) is 5.08. The van der Waals surface area contributed by atoms with Gasteiger partial charge >= 0.3 is 0 Å². The fourth-order valence-corrected chi connectivity index (χ4v) is 2.72. The molecular formula is C13H26IN3. The van der Waals surface area contributed by atoms with Crippen molar-refractivity contribution in [1.82, 2.24) is 10.6 Å². The number of guanidine groups is 1. The van der Waals surface area contributed by atoms with E-state index in [1.54, 1.807) is 0 Å². The first-order valence-corrected chi connectivity index (χ1v) is 6.97. The monoisotopic (exact) mass is 351 g/mol. The van der Waals surface area contributed by atoms with Crippen LogP contribution in [0.15, 0.2) is 4.99 Å². The average Bonchev–Trinajstić information content (AvgIpc) is 2.37. The van der Waals surface area contributed by atoms with Gasteiger partial charge in [-0.2, -0.15) is 0 Å². The van der Waals surface area contributed by atoms with E-state index in [4.69, 9.17) is 0 Å². The highest BCUT2D eigenvalue weighted by Gasteiger charge is 2.12. The van der Waals surface area contributed by atoms with Gasteiger partial charge in [-0.15, -0.1) is 24.0 Å². The molecule has 0 saturated heterocycles. The molecule has 2 N–H and O–H groups in total. The lowest BCUT2D eigenvalue weighted by Gasteiger charge is -2.22. The van der Waals surface area contributed by atoms with Gasteiger partial charge in [-0.05, 0) is 25.2 Å². The van der Waals surface area contributed by atoms with Crippen molar-refractivity contribution in [2.24, 2.45) is 10.9 Å². The first-order chi connectivity index (χ1) is 7.95. The summed E-state index contributed by atoms with van der Waals surface area (Å²) in [6.07, 6.45) is 11.2. The highest BCUT2D eigenvalue weighted by Crippen LogP contribution is 2.26. The summed E-state index contributed by atoms with van der Waals surface area (Å²) >= 11 is 0. The Hall–Kier alpha value is 0. The van der Waals surface area contributed by atoms with Crippen molar-refractivity contribution in [3.63, 3.8) is 0 Å². The molecule has 4 heteroatoms. The summed E-state index contributed by atoms with van der Waals surface area (Å²) in [5.74, 6) is 2.03. The molecule has 2 rings (SSSR count). The van der Waals surface area contributed by atoms with Crippen LogP contribution in [0.2, 0.25) is 0 Å². The molecule has 0 spiro atoms. The molecule has 1 heterocycles. The third kappa shape index (κ3) is 5.93. The van der Waals surface area contributed by atoms with Crippen LogP contribution in [-0.4, -0.2) is 25.6 Å². The summed E-state index contributed by atoms with van der Waals surface area (Å²) in [7, 11) is 0. The molecule has 0 aromatic rings. The Labute approximate surface area is 122 Å². The SMILES string of the molecule is C1CCC(CCCNC2=NCCCN2)CC1.I. The van der Waals surface area contributed by atoms with E-state index in [-0.39, 0.29) is 24.0 Å². The fourth-order valence-electron chi connectivity index (χ4n) is 2.72. The lowest BCUT2D eigenvalue weighted by Crippen LogP contribution is -2.41. The highest BCUT2D eigenvalue weighted by molar-refractivity contribution is 14.0. The van der Waals surface area contributed by atoms with Crippen molar-refractivity contribution in [2.45, 2.75) is 51.4 Å². The minimum atomic E-state index is 0. The molecule has 0 amide bonds. The van der Waals surface area contributed by atoms with Crippen molar-refractivity contribution in [3.8, 4) is 0 Å². The second kappa shape index (κ2) is 9.00. The van der Waals surface area contributed by atoms with Crippen molar-refractivity contribution in [1.29, 1.82) is 0 Å². The minimum Gasteiger partial charge on any atom is -0.356 e. The summed E-state index contributed by atoms with van der Waals surface area (Å²) in [6.45, 7) is 3.15. The van der Waals surface area contributed by atoms with Gasteiger partial charge in [0.1, 0.15) is 0 Å². The van der Waals surface area contributed by atoms with E-state index in [0.717, 1.165) is 31.5 Å². The molecule has 1 aliphatic carbocycles. The van der Waals surface area contributed by atoms with Crippen molar-refractivity contribution >= 4 is 29.9 Å². The molecule has 1 aliphatic heterocycles. The minimum absolute atomic E-state index is 0. The number of nitrogens with one attached hydrogen (secondary N) is 2. The van der Waals surface area contributed by atoms with E-state index in [2.05, 4.69) is 15.6 Å². The highest BCUT2D eigenvalue weighted by atomic mass is 127. The number of hydrogen-bond donors (Lipinski definition) is 2. The molecular weight excluding hydrogens is 325 g/mol. The smallest absolute Gasteiger partial charge is 0.191 e. The molecule has 0 atom stereocenters. The van der Waals surface area contributed by atoms with E-state index in [9.17, 15) is 0 Å². The topological polar surface area (TPSA) is 36.4 Å². The Morgan fingerprint density at radius 3 is 2.71 bits per heavy atom. The van der Waals surface area contributed by atoms with E-state index in [1.807, 2.05) is 0 Å². The molecule has 0 bridgehead atoms. The van der Waals surface area contributed by atoms with Gasteiger partial charge in [0, 0.05) is 19.6 Å². The van der Waals surface area contributed by atoms with Crippen molar-refractivity contribution < 1.29 is 0 Å². The molecule has 0 aromatic carbocycles. The van der Waals surface area contributed by atoms with Crippen LogP contribution in [0.25, 0.3) is 0 Å². The van der Waals surface area contributed by atoms with Crippen LogP contribution >= 0.6 is 24.0 Å². The van der Waals surface area contributed by atoms with Crippen LogP contribution in [0.3, 0.4) is 0 Å². The Bertz CT molecular complexity index is 225. The van der Waals surface area contributed by atoms with Gasteiger partial charge in [0.05, 0.1) is 0 Å². The number of aliphatic imine (C=N–C) groups is 1. The third-order valence-electron chi connectivity index (χ3n) is 3.70. The molecule has 1 fully saturated rings. The van der Waals surface area contributed by atoms with E-state index >= 15 is 0 Å². The Morgan fingerprint density at radius 1 is 1.18 bits per heavy atom. The van der Waals surface area contributed by atoms with Crippen LogP contribution < -0.4 is 10.6 Å². The Morgan fingerprint density at radius 2 is 2.00 bits per heavy atom. The molecule has 2 aliphatic rings. The van der Waals surface area contributed by atoms with Crippen LogP contribution in [0.5, 0.6) is 0 Å². The maximum absolute atomic E-state index is 4.41. The number of rotatable bonds is 4. The normalized spacial score (nSPS) is 21.1. The molecule has 17 heavy (non-hydrogen) atoms. The van der Waals surface area contributed by atoms with Gasteiger partial charge in [-0.1, -0.05) is 32.1 Å². The standard InChI is InChI=1S/C13H25N3.HI/c1-2-6-12(7-3-1)8-4-9-14-13-15-10-5-11-16-13;/h12H,1-11H2,(H2,14,15,16);1H. The zero-order valence-electron chi connectivity index (χ0n) is 10.7. The van der Waals surface area contributed by atoms with Crippen molar-refractivity contribution in [3.05, 3.63) is 0 Å². The van der Waals surface area contributed by atoms with Crippen LogP contribution in [0.1, 0.15) is 51.4 Å². The zero-order chi connectivity index (χ0) is 11.1. The average molecular weight is 351 g/mol. The predicted molar refractivity (Wildman–Crippen MR) is 84.1 cm³/mol. The fraction of sp³-hybridized carbons (Fsp3) is 0.923. The van der Waals surface area contributed by atoms with Gasteiger partial charge in [0.15, 0.2) is 5.96 Å². The lowest BCUT2D eigenvalue weighted by atomic mass is 9.86. The Kier molecular flexibility index (Phi) is 7.97. The van der Waals surface area contributed by atoms with Gasteiger partial charge in [0.25, 0.3) is 0 Å². The van der Waals surface area contributed by atoms with Gasteiger partial charge in [-0.25, -0.2) is 0 Å². The Balaban J connectivity index is 0.00000144. The first-order valence-electron chi connectivity index (χ1n) is 6.97. The van der Waals surface area contributed by atoms with E-state index < -0.39 is 0 Å². The predicted octanol–water partition coefficient (Wildman–Crippen LogP) is 2.90. The summed E-state index contributed by atoms with van der Waals surface area (Å²) in [5, 5.41) is 6.70.